The van der Waals surface area contributed by atoms with Crippen molar-refractivity contribution < 1.29 is 9.53 Å². The molecule has 0 aromatic rings. The molecule has 2 heterocycles. The summed E-state index contributed by atoms with van der Waals surface area (Å²) in [6.07, 6.45) is 11.3. The lowest BCUT2D eigenvalue weighted by molar-refractivity contribution is -0.133. The molecule has 1 amide bonds. The molecule has 0 spiro atoms. The first-order valence-electron chi connectivity index (χ1n) is 8.93. The van der Waals surface area contributed by atoms with Crippen molar-refractivity contribution in [1.29, 1.82) is 0 Å². The fourth-order valence-electron chi connectivity index (χ4n) is 4.30. The predicted octanol–water partition coefficient (Wildman–Crippen LogP) is 2.75. The van der Waals surface area contributed by atoms with Gasteiger partial charge in [0.1, 0.15) is 0 Å². The summed E-state index contributed by atoms with van der Waals surface area (Å²) in [5.41, 5.74) is 0. The third-order valence-electron chi connectivity index (χ3n) is 5.45. The van der Waals surface area contributed by atoms with Crippen LogP contribution in [0.1, 0.15) is 57.8 Å². The molecule has 22 heavy (non-hydrogen) atoms. The first-order chi connectivity index (χ1) is 10.3. The topological polar surface area (TPSA) is 41.6 Å². The minimum absolute atomic E-state index is 0. The van der Waals surface area contributed by atoms with Gasteiger partial charge in [-0.1, -0.05) is 32.1 Å². The lowest BCUT2D eigenvalue weighted by Crippen LogP contribution is -2.46. The molecule has 2 aliphatic heterocycles. The predicted molar refractivity (Wildman–Crippen MR) is 90.4 cm³/mol. The molecule has 1 aliphatic carbocycles. The third kappa shape index (κ3) is 4.84. The zero-order chi connectivity index (χ0) is 14.5. The second kappa shape index (κ2) is 9.09. The Balaban J connectivity index is 0.00000176. The molecule has 0 radical (unpaired) electrons. The van der Waals surface area contributed by atoms with E-state index < -0.39 is 0 Å². The van der Waals surface area contributed by atoms with E-state index in [4.69, 9.17) is 4.74 Å². The van der Waals surface area contributed by atoms with Crippen molar-refractivity contribution in [2.45, 2.75) is 69.9 Å². The van der Waals surface area contributed by atoms with E-state index in [2.05, 4.69) is 10.2 Å². The van der Waals surface area contributed by atoms with E-state index in [-0.39, 0.29) is 18.4 Å². The van der Waals surface area contributed by atoms with Crippen LogP contribution in [0.15, 0.2) is 0 Å². The smallest absolute Gasteiger partial charge is 0.224 e. The van der Waals surface area contributed by atoms with Crippen LogP contribution in [0.4, 0.5) is 0 Å². The molecule has 3 fully saturated rings. The SMILES string of the molecule is Cl.O=C(CC1COCCN1)N1CCCC1CC1CCCCC1. The summed E-state index contributed by atoms with van der Waals surface area (Å²) in [6, 6.07) is 0.743. The fourth-order valence-corrected chi connectivity index (χ4v) is 4.30. The normalized spacial score (nSPS) is 30.1. The average molecular weight is 331 g/mol. The van der Waals surface area contributed by atoms with E-state index in [1.165, 1.54) is 51.4 Å². The highest BCUT2D eigenvalue weighted by atomic mass is 35.5. The molecule has 0 aromatic carbocycles. The van der Waals surface area contributed by atoms with Crippen molar-refractivity contribution in [2.24, 2.45) is 5.92 Å². The first-order valence-corrected chi connectivity index (χ1v) is 8.93. The van der Waals surface area contributed by atoms with Crippen LogP contribution in [0.25, 0.3) is 0 Å². The summed E-state index contributed by atoms with van der Waals surface area (Å²) in [7, 11) is 0. The summed E-state index contributed by atoms with van der Waals surface area (Å²) in [6.45, 7) is 3.32. The van der Waals surface area contributed by atoms with Gasteiger partial charge in [0.2, 0.25) is 5.91 Å². The quantitative estimate of drug-likeness (QED) is 0.861. The van der Waals surface area contributed by atoms with Crippen molar-refractivity contribution in [2.75, 3.05) is 26.3 Å². The van der Waals surface area contributed by atoms with Crippen LogP contribution < -0.4 is 5.32 Å². The third-order valence-corrected chi connectivity index (χ3v) is 5.45. The van der Waals surface area contributed by atoms with Gasteiger partial charge in [-0.05, 0) is 25.2 Å². The second-order valence-electron chi connectivity index (χ2n) is 7.05. The van der Waals surface area contributed by atoms with Gasteiger partial charge >= 0.3 is 0 Å². The summed E-state index contributed by atoms with van der Waals surface area (Å²) in [5.74, 6) is 1.21. The highest BCUT2D eigenvalue weighted by molar-refractivity contribution is 5.85. The van der Waals surface area contributed by atoms with Crippen LogP contribution in [0.2, 0.25) is 0 Å². The van der Waals surface area contributed by atoms with Crippen molar-refractivity contribution in [1.82, 2.24) is 10.2 Å². The number of halogens is 1. The summed E-state index contributed by atoms with van der Waals surface area (Å²) in [4.78, 5) is 14.8. The van der Waals surface area contributed by atoms with Crippen molar-refractivity contribution in [3.63, 3.8) is 0 Å². The minimum Gasteiger partial charge on any atom is -0.378 e. The maximum absolute atomic E-state index is 12.6. The molecule has 3 rings (SSSR count). The molecule has 1 N–H and O–H groups in total. The number of carbonyl (C=O) groups excluding carboxylic acids is 1. The summed E-state index contributed by atoms with van der Waals surface area (Å²) < 4.78 is 5.46. The number of nitrogens with one attached hydrogen (secondary N) is 1. The lowest BCUT2D eigenvalue weighted by Gasteiger charge is -2.32. The standard InChI is InChI=1S/C17H30N2O2.ClH/c20-17(12-15-13-21-10-8-18-15)19-9-4-7-16(19)11-14-5-2-1-3-6-14;/h14-16,18H,1-13H2;1H. The van der Waals surface area contributed by atoms with Crippen molar-refractivity contribution >= 4 is 18.3 Å². The number of amides is 1. The van der Waals surface area contributed by atoms with Gasteiger partial charge in [-0.15, -0.1) is 12.4 Å². The van der Waals surface area contributed by atoms with Crippen LogP contribution in [-0.2, 0) is 9.53 Å². The van der Waals surface area contributed by atoms with E-state index in [9.17, 15) is 4.79 Å². The van der Waals surface area contributed by atoms with Crippen molar-refractivity contribution in [3.05, 3.63) is 0 Å². The van der Waals surface area contributed by atoms with E-state index in [0.717, 1.165) is 25.6 Å². The van der Waals surface area contributed by atoms with E-state index >= 15 is 0 Å². The number of hydrogen-bond donors (Lipinski definition) is 1. The monoisotopic (exact) mass is 330 g/mol. The number of likely N-dealkylation sites (tertiary alicyclic amines) is 1. The van der Waals surface area contributed by atoms with E-state index in [1.807, 2.05) is 0 Å². The maximum atomic E-state index is 12.6. The van der Waals surface area contributed by atoms with Crippen molar-refractivity contribution in [3.8, 4) is 0 Å². The summed E-state index contributed by atoms with van der Waals surface area (Å²) >= 11 is 0. The zero-order valence-electron chi connectivity index (χ0n) is 13.6. The zero-order valence-corrected chi connectivity index (χ0v) is 14.4. The number of morpholine rings is 1. The highest BCUT2D eigenvalue weighted by Crippen LogP contribution is 2.32. The second-order valence-corrected chi connectivity index (χ2v) is 7.05. The van der Waals surface area contributed by atoms with Gasteiger partial charge in [0.15, 0.2) is 0 Å². The molecular weight excluding hydrogens is 300 g/mol. The molecule has 2 saturated heterocycles. The Bertz CT molecular complexity index is 342. The summed E-state index contributed by atoms with van der Waals surface area (Å²) in [5, 5.41) is 3.40. The molecule has 3 aliphatic rings. The molecule has 0 bridgehead atoms. The molecule has 1 saturated carbocycles. The highest BCUT2D eigenvalue weighted by Gasteiger charge is 2.32. The van der Waals surface area contributed by atoms with Gasteiger partial charge in [0.05, 0.1) is 13.2 Å². The molecule has 2 atom stereocenters. The van der Waals surface area contributed by atoms with Gasteiger partial charge in [-0.2, -0.15) is 0 Å². The Kier molecular flexibility index (Phi) is 7.45. The largest absolute Gasteiger partial charge is 0.378 e. The molecule has 5 heteroatoms. The van der Waals surface area contributed by atoms with Crippen LogP contribution in [0.5, 0.6) is 0 Å². The first kappa shape index (κ1) is 18.0. The van der Waals surface area contributed by atoms with Crippen LogP contribution in [-0.4, -0.2) is 49.2 Å². The number of ether oxygens (including phenoxy) is 1. The van der Waals surface area contributed by atoms with Gasteiger partial charge < -0.3 is 15.0 Å². The van der Waals surface area contributed by atoms with Crippen LogP contribution >= 0.6 is 12.4 Å². The van der Waals surface area contributed by atoms with Gasteiger partial charge in [0.25, 0.3) is 0 Å². The Hall–Kier alpha value is -0.320. The Labute approximate surface area is 140 Å². The molecule has 4 nitrogen and oxygen atoms in total. The number of carbonyl (C=O) groups is 1. The lowest BCUT2D eigenvalue weighted by atomic mass is 9.84. The number of hydrogen-bond acceptors (Lipinski definition) is 3. The number of rotatable bonds is 4. The van der Waals surface area contributed by atoms with Gasteiger partial charge in [-0.3, -0.25) is 4.79 Å². The van der Waals surface area contributed by atoms with Gasteiger partial charge in [0, 0.05) is 31.6 Å². The van der Waals surface area contributed by atoms with Crippen LogP contribution in [0.3, 0.4) is 0 Å². The van der Waals surface area contributed by atoms with E-state index in [1.54, 1.807) is 0 Å². The molecule has 0 aromatic heterocycles. The van der Waals surface area contributed by atoms with E-state index in [0.29, 0.717) is 25.0 Å². The molecular formula is C17H31ClN2O2. The Morgan fingerprint density at radius 2 is 1.95 bits per heavy atom. The minimum atomic E-state index is 0. The molecule has 2 unspecified atom stereocenters. The average Bonchev–Trinajstić information content (AvgIpc) is 2.97. The van der Waals surface area contributed by atoms with Gasteiger partial charge in [-0.25, -0.2) is 0 Å². The Morgan fingerprint density at radius 3 is 2.68 bits per heavy atom. The maximum Gasteiger partial charge on any atom is 0.224 e. The molecule has 128 valence electrons. The Morgan fingerprint density at radius 1 is 1.14 bits per heavy atom. The fraction of sp³-hybridized carbons (Fsp3) is 0.941. The number of nitrogens with zero attached hydrogens (tertiary/aromatic N) is 1. The van der Waals surface area contributed by atoms with Crippen LogP contribution in [0, 0.1) is 5.92 Å².